The fourth-order valence-corrected chi connectivity index (χ4v) is 4.32. The van der Waals surface area contributed by atoms with E-state index in [0.29, 0.717) is 5.75 Å². The fourth-order valence-electron chi connectivity index (χ4n) is 4.32. The molecule has 1 heterocycles. The Morgan fingerprint density at radius 2 is 2.12 bits per heavy atom. The molecule has 0 radical (unpaired) electrons. The molecule has 0 saturated heterocycles. The summed E-state index contributed by atoms with van der Waals surface area (Å²) in [5.41, 5.74) is 4.17. The van der Waals surface area contributed by atoms with Crippen LogP contribution >= 0.6 is 0 Å². The quantitative estimate of drug-likeness (QED) is 0.547. The first-order valence-electron chi connectivity index (χ1n) is 8.63. The summed E-state index contributed by atoms with van der Waals surface area (Å²) in [5, 5.41) is 1.05. The van der Waals surface area contributed by atoms with E-state index in [1.165, 1.54) is 18.1 Å². The highest BCUT2D eigenvalue weighted by Crippen LogP contribution is 2.49. The molecule has 0 spiro atoms. The summed E-state index contributed by atoms with van der Waals surface area (Å²) in [7, 11) is 0. The van der Waals surface area contributed by atoms with Crippen LogP contribution in [0.3, 0.4) is 0 Å². The van der Waals surface area contributed by atoms with Crippen LogP contribution in [0.4, 0.5) is 4.39 Å². The second kappa shape index (κ2) is 5.73. The molecule has 25 heavy (non-hydrogen) atoms. The Kier molecular flexibility index (Phi) is 3.64. The van der Waals surface area contributed by atoms with Gasteiger partial charge in [0.1, 0.15) is 5.82 Å². The van der Waals surface area contributed by atoms with E-state index in [1.807, 2.05) is 24.4 Å². The lowest BCUT2D eigenvalue weighted by Gasteiger charge is -2.29. The zero-order valence-electron chi connectivity index (χ0n) is 14.4. The van der Waals surface area contributed by atoms with Crippen LogP contribution in [0.2, 0.25) is 0 Å². The van der Waals surface area contributed by atoms with Crippen molar-refractivity contribution in [2.45, 2.75) is 38.5 Å². The van der Waals surface area contributed by atoms with Gasteiger partial charge in [-0.25, -0.2) is 4.39 Å². The van der Waals surface area contributed by atoms with Crippen molar-refractivity contribution in [3.05, 3.63) is 65.1 Å². The highest BCUT2D eigenvalue weighted by atomic mass is 19.1. The zero-order valence-corrected chi connectivity index (χ0v) is 14.4. The summed E-state index contributed by atoms with van der Waals surface area (Å²) in [6.07, 6.45) is 4.76. The molecule has 2 aromatic carbocycles. The number of fused-ring (bicyclic) bond motifs is 2. The summed E-state index contributed by atoms with van der Waals surface area (Å²) < 4.78 is 19.0. The molecule has 1 unspecified atom stereocenters. The van der Waals surface area contributed by atoms with Crippen molar-refractivity contribution < 1.29 is 13.9 Å². The van der Waals surface area contributed by atoms with Gasteiger partial charge < -0.3 is 9.72 Å². The lowest BCUT2D eigenvalue weighted by Crippen LogP contribution is -2.23. The standard InChI is InChI=1S/C21H20FNO2/c1-3-21(10-9-14-11-15(22)7-8-17(14)21)18-12-23-20-16(18)5-4-6-19(20)25-13(2)24/h4-8,11-12,23H,3,9-10H2,1-2H3. The van der Waals surface area contributed by atoms with Gasteiger partial charge in [0.15, 0.2) is 5.75 Å². The topological polar surface area (TPSA) is 42.1 Å². The van der Waals surface area contributed by atoms with E-state index in [0.717, 1.165) is 35.7 Å². The number of esters is 1. The highest BCUT2D eigenvalue weighted by Gasteiger charge is 2.40. The van der Waals surface area contributed by atoms with Crippen molar-refractivity contribution >= 4 is 16.9 Å². The van der Waals surface area contributed by atoms with E-state index in [2.05, 4.69) is 11.9 Å². The first kappa shape index (κ1) is 15.9. The lowest BCUT2D eigenvalue weighted by molar-refractivity contribution is -0.131. The maximum absolute atomic E-state index is 13.6. The Bertz CT molecular complexity index is 975. The van der Waals surface area contributed by atoms with Gasteiger partial charge in [-0.3, -0.25) is 4.79 Å². The zero-order chi connectivity index (χ0) is 17.6. The number of hydrogen-bond acceptors (Lipinski definition) is 2. The van der Waals surface area contributed by atoms with Gasteiger partial charge in [-0.15, -0.1) is 0 Å². The molecular weight excluding hydrogens is 317 g/mol. The second-order valence-corrected chi connectivity index (χ2v) is 6.71. The number of ether oxygens (including phenoxy) is 1. The molecule has 0 bridgehead atoms. The molecule has 0 fully saturated rings. The minimum atomic E-state index is -0.337. The molecule has 0 aliphatic heterocycles. The molecule has 1 N–H and O–H groups in total. The molecule has 3 nitrogen and oxygen atoms in total. The van der Waals surface area contributed by atoms with Gasteiger partial charge in [0.25, 0.3) is 0 Å². The largest absolute Gasteiger partial charge is 0.424 e. The number of hydrogen-bond donors (Lipinski definition) is 1. The van der Waals surface area contributed by atoms with Gasteiger partial charge in [0.2, 0.25) is 0 Å². The van der Waals surface area contributed by atoms with Gasteiger partial charge in [-0.1, -0.05) is 25.1 Å². The van der Waals surface area contributed by atoms with Gasteiger partial charge in [0.05, 0.1) is 5.52 Å². The van der Waals surface area contributed by atoms with Gasteiger partial charge >= 0.3 is 5.97 Å². The van der Waals surface area contributed by atoms with Crippen LogP contribution in [-0.2, 0) is 16.6 Å². The number of carbonyl (C=O) groups excluding carboxylic acids is 1. The molecule has 128 valence electrons. The van der Waals surface area contributed by atoms with Crippen LogP contribution in [0.15, 0.2) is 42.6 Å². The van der Waals surface area contributed by atoms with E-state index in [-0.39, 0.29) is 17.2 Å². The summed E-state index contributed by atoms with van der Waals surface area (Å²) >= 11 is 0. The smallest absolute Gasteiger partial charge is 0.308 e. The van der Waals surface area contributed by atoms with Gasteiger partial charge in [0, 0.05) is 23.9 Å². The predicted molar refractivity (Wildman–Crippen MR) is 95.4 cm³/mol. The Morgan fingerprint density at radius 3 is 2.88 bits per heavy atom. The van der Waals surface area contributed by atoms with Crippen molar-refractivity contribution in [1.82, 2.24) is 4.98 Å². The van der Waals surface area contributed by atoms with Gasteiger partial charge in [-0.2, -0.15) is 0 Å². The van der Waals surface area contributed by atoms with E-state index in [4.69, 9.17) is 4.74 Å². The van der Waals surface area contributed by atoms with E-state index in [1.54, 1.807) is 18.2 Å². The number of aromatic amines is 1. The number of para-hydroxylation sites is 1. The SMILES string of the molecule is CCC1(c2c[nH]c3c(OC(C)=O)cccc23)CCc2cc(F)ccc21. The lowest BCUT2D eigenvalue weighted by atomic mass is 9.73. The van der Waals surface area contributed by atoms with Crippen molar-refractivity contribution in [1.29, 1.82) is 0 Å². The minimum absolute atomic E-state index is 0.143. The molecule has 0 amide bonds. The molecular formula is C21H20FNO2. The van der Waals surface area contributed by atoms with E-state index >= 15 is 0 Å². The Labute approximate surface area is 145 Å². The van der Waals surface area contributed by atoms with Crippen LogP contribution in [0.5, 0.6) is 5.75 Å². The Morgan fingerprint density at radius 1 is 1.28 bits per heavy atom. The fraction of sp³-hybridized carbons (Fsp3) is 0.286. The Balaban J connectivity index is 1.91. The summed E-state index contributed by atoms with van der Waals surface area (Å²) in [5.74, 6) is 0.0251. The number of carbonyl (C=O) groups is 1. The van der Waals surface area contributed by atoms with Crippen molar-refractivity contribution in [3.8, 4) is 5.75 Å². The monoisotopic (exact) mass is 337 g/mol. The third-order valence-corrected chi connectivity index (χ3v) is 5.45. The van der Waals surface area contributed by atoms with Crippen molar-refractivity contribution in [2.75, 3.05) is 0 Å². The molecule has 0 saturated carbocycles. The maximum Gasteiger partial charge on any atom is 0.308 e. The average Bonchev–Trinajstić information content (AvgIpc) is 3.16. The molecule has 1 aliphatic rings. The van der Waals surface area contributed by atoms with Crippen LogP contribution in [0.1, 0.15) is 43.4 Å². The summed E-state index contributed by atoms with van der Waals surface area (Å²) in [6.45, 7) is 3.57. The molecule has 1 atom stereocenters. The normalized spacial score (nSPS) is 19.2. The molecule has 4 rings (SSSR count). The Hall–Kier alpha value is -2.62. The third kappa shape index (κ3) is 2.36. The van der Waals surface area contributed by atoms with E-state index in [9.17, 15) is 9.18 Å². The van der Waals surface area contributed by atoms with Crippen LogP contribution in [0.25, 0.3) is 10.9 Å². The molecule has 1 aromatic heterocycles. The number of rotatable bonds is 3. The molecule has 3 aromatic rings. The highest BCUT2D eigenvalue weighted by molar-refractivity contribution is 5.91. The summed E-state index contributed by atoms with van der Waals surface area (Å²) in [4.78, 5) is 14.7. The number of nitrogens with one attached hydrogen (secondary N) is 1. The summed E-state index contributed by atoms with van der Waals surface area (Å²) in [6, 6.07) is 10.9. The molecule has 1 aliphatic carbocycles. The van der Waals surface area contributed by atoms with Crippen LogP contribution in [0, 0.1) is 5.82 Å². The average molecular weight is 337 g/mol. The second-order valence-electron chi connectivity index (χ2n) is 6.71. The third-order valence-electron chi connectivity index (χ3n) is 5.45. The van der Waals surface area contributed by atoms with E-state index < -0.39 is 0 Å². The number of benzene rings is 2. The van der Waals surface area contributed by atoms with Crippen LogP contribution in [-0.4, -0.2) is 11.0 Å². The molecule has 4 heteroatoms. The first-order chi connectivity index (χ1) is 12.0. The van der Waals surface area contributed by atoms with Crippen molar-refractivity contribution in [2.24, 2.45) is 0 Å². The number of aromatic nitrogens is 1. The first-order valence-corrected chi connectivity index (χ1v) is 8.63. The minimum Gasteiger partial charge on any atom is -0.424 e. The maximum atomic E-state index is 13.6. The van der Waals surface area contributed by atoms with Crippen LogP contribution < -0.4 is 4.74 Å². The number of H-pyrrole nitrogens is 1. The van der Waals surface area contributed by atoms with Crippen molar-refractivity contribution in [3.63, 3.8) is 0 Å². The number of aryl methyl sites for hydroxylation is 1. The number of halogens is 1. The predicted octanol–water partition coefficient (Wildman–Crippen LogP) is 4.87. The van der Waals surface area contributed by atoms with Gasteiger partial charge in [-0.05, 0) is 54.2 Å².